The second kappa shape index (κ2) is 10.7. The van der Waals surface area contributed by atoms with Gasteiger partial charge in [-0.25, -0.2) is 4.98 Å². The molecule has 0 saturated carbocycles. The molecule has 2 amide bonds. The molecule has 0 unspecified atom stereocenters. The minimum absolute atomic E-state index is 0.0399. The molecule has 1 aliphatic rings. The molecular weight excluding hydrogens is 428 g/mol. The Bertz CT molecular complexity index is 1130. The molecule has 7 heteroatoms. The lowest BCUT2D eigenvalue weighted by molar-refractivity contribution is -0.130. The van der Waals surface area contributed by atoms with Crippen LogP contribution in [0.1, 0.15) is 45.6 Å². The maximum absolute atomic E-state index is 12.9. The van der Waals surface area contributed by atoms with Gasteiger partial charge in [-0.2, -0.15) is 0 Å². The minimum Gasteiger partial charge on any atom is -0.447 e. The lowest BCUT2D eigenvalue weighted by atomic mass is 10.0. The number of aryl methyl sites for hydroxylation is 2. The summed E-state index contributed by atoms with van der Waals surface area (Å²) in [4.78, 5) is 34.7. The zero-order chi connectivity index (χ0) is 24.1. The van der Waals surface area contributed by atoms with Gasteiger partial charge in [0, 0.05) is 46.2 Å². The Labute approximate surface area is 201 Å². The van der Waals surface area contributed by atoms with Crippen molar-refractivity contribution in [2.24, 2.45) is 0 Å². The molecule has 1 aromatic heterocycles. The summed E-state index contributed by atoms with van der Waals surface area (Å²) in [6.45, 7) is 9.89. The smallest absolute Gasteiger partial charge is 0.275 e. The molecule has 0 N–H and O–H groups in total. The van der Waals surface area contributed by atoms with Crippen molar-refractivity contribution in [3.05, 3.63) is 88.6 Å². The molecule has 1 saturated heterocycles. The first-order valence-electron chi connectivity index (χ1n) is 11.7. The number of hydrogen-bond donors (Lipinski definition) is 0. The van der Waals surface area contributed by atoms with Gasteiger partial charge in [0.2, 0.25) is 11.8 Å². The van der Waals surface area contributed by atoms with Crippen molar-refractivity contribution in [3.8, 4) is 0 Å². The summed E-state index contributed by atoms with van der Waals surface area (Å²) in [5.41, 5.74) is 5.28. The second-order valence-corrected chi connectivity index (χ2v) is 8.99. The number of carbonyl (C=O) groups is 2. The molecule has 4 rings (SSSR count). The van der Waals surface area contributed by atoms with Crippen LogP contribution in [0, 0.1) is 13.8 Å². The van der Waals surface area contributed by atoms with Gasteiger partial charge in [0.25, 0.3) is 5.91 Å². The topological polar surface area (TPSA) is 69.9 Å². The third-order valence-electron chi connectivity index (χ3n) is 6.28. The number of nitrogens with zero attached hydrogens (tertiary/aromatic N) is 4. The first kappa shape index (κ1) is 23.7. The first-order chi connectivity index (χ1) is 16.4. The van der Waals surface area contributed by atoms with E-state index in [0.29, 0.717) is 44.3 Å². The van der Waals surface area contributed by atoms with E-state index in [2.05, 4.69) is 54.1 Å². The van der Waals surface area contributed by atoms with Crippen LogP contribution in [0.4, 0.5) is 0 Å². The van der Waals surface area contributed by atoms with Gasteiger partial charge >= 0.3 is 0 Å². The van der Waals surface area contributed by atoms with E-state index in [1.807, 2.05) is 18.2 Å². The highest BCUT2D eigenvalue weighted by atomic mass is 16.3. The molecule has 0 radical (unpaired) electrons. The summed E-state index contributed by atoms with van der Waals surface area (Å²) in [7, 11) is 0. The van der Waals surface area contributed by atoms with E-state index in [-0.39, 0.29) is 11.8 Å². The number of piperazine rings is 1. The SMILES string of the molecule is CC(=O)N1CCN(C(=O)c2coc(CN(Cc3ccccc3)Cc3ccc(C)cc3C)n2)CC1. The number of oxazole rings is 1. The maximum Gasteiger partial charge on any atom is 0.275 e. The Hall–Kier alpha value is -3.45. The van der Waals surface area contributed by atoms with Crippen LogP contribution < -0.4 is 0 Å². The standard InChI is InChI=1S/C27H32N4O3/c1-20-9-10-24(21(2)15-20)17-29(16-23-7-5-4-6-8-23)18-26-28-25(19-34-26)27(33)31-13-11-30(12-14-31)22(3)32/h4-10,15,19H,11-14,16-18H2,1-3H3. The number of benzene rings is 2. The number of carbonyl (C=O) groups excluding carboxylic acids is 2. The van der Waals surface area contributed by atoms with Gasteiger partial charge in [-0.15, -0.1) is 0 Å². The highest BCUT2D eigenvalue weighted by Crippen LogP contribution is 2.18. The maximum atomic E-state index is 12.9. The molecule has 3 aromatic rings. The van der Waals surface area contributed by atoms with Crippen molar-refractivity contribution < 1.29 is 14.0 Å². The first-order valence-corrected chi connectivity index (χ1v) is 11.7. The van der Waals surface area contributed by atoms with Crippen LogP contribution in [0.2, 0.25) is 0 Å². The molecule has 34 heavy (non-hydrogen) atoms. The second-order valence-electron chi connectivity index (χ2n) is 8.99. The van der Waals surface area contributed by atoms with Gasteiger partial charge in [-0.05, 0) is 30.5 Å². The zero-order valence-electron chi connectivity index (χ0n) is 20.2. The number of hydrogen-bond acceptors (Lipinski definition) is 5. The normalized spacial score (nSPS) is 14.0. The van der Waals surface area contributed by atoms with Gasteiger partial charge in [-0.3, -0.25) is 14.5 Å². The lowest BCUT2D eigenvalue weighted by Gasteiger charge is -2.33. The van der Waals surface area contributed by atoms with Gasteiger partial charge in [0.05, 0.1) is 6.54 Å². The average molecular weight is 461 g/mol. The van der Waals surface area contributed by atoms with E-state index in [4.69, 9.17) is 4.42 Å². The highest BCUT2D eigenvalue weighted by molar-refractivity contribution is 5.92. The predicted molar refractivity (Wildman–Crippen MR) is 130 cm³/mol. The Morgan fingerprint density at radius 1 is 0.941 bits per heavy atom. The number of amides is 2. The van der Waals surface area contributed by atoms with Crippen molar-refractivity contribution in [1.82, 2.24) is 19.7 Å². The van der Waals surface area contributed by atoms with Crippen LogP contribution in [0.5, 0.6) is 0 Å². The van der Waals surface area contributed by atoms with Gasteiger partial charge < -0.3 is 14.2 Å². The largest absolute Gasteiger partial charge is 0.447 e. The van der Waals surface area contributed by atoms with Gasteiger partial charge in [0.15, 0.2) is 5.69 Å². The molecule has 2 aromatic carbocycles. The molecule has 2 heterocycles. The quantitative estimate of drug-likeness (QED) is 0.536. The molecule has 0 bridgehead atoms. The summed E-state index contributed by atoms with van der Waals surface area (Å²) in [5, 5.41) is 0. The highest BCUT2D eigenvalue weighted by Gasteiger charge is 2.25. The van der Waals surface area contributed by atoms with Gasteiger partial charge in [-0.1, -0.05) is 54.1 Å². The van der Waals surface area contributed by atoms with E-state index in [1.165, 1.54) is 28.5 Å². The van der Waals surface area contributed by atoms with Crippen molar-refractivity contribution in [2.75, 3.05) is 26.2 Å². The number of aromatic nitrogens is 1. The van der Waals surface area contributed by atoms with Crippen LogP contribution >= 0.6 is 0 Å². The molecular formula is C27H32N4O3. The van der Waals surface area contributed by atoms with Crippen molar-refractivity contribution in [3.63, 3.8) is 0 Å². The summed E-state index contributed by atoms with van der Waals surface area (Å²) >= 11 is 0. The summed E-state index contributed by atoms with van der Waals surface area (Å²) in [5.74, 6) is 0.409. The Kier molecular flexibility index (Phi) is 7.43. The fraction of sp³-hybridized carbons (Fsp3) is 0.370. The fourth-order valence-corrected chi connectivity index (χ4v) is 4.33. The monoisotopic (exact) mass is 460 g/mol. The molecule has 1 fully saturated rings. The van der Waals surface area contributed by atoms with Crippen molar-refractivity contribution >= 4 is 11.8 Å². The Morgan fingerprint density at radius 3 is 2.32 bits per heavy atom. The third-order valence-corrected chi connectivity index (χ3v) is 6.28. The van der Waals surface area contributed by atoms with E-state index in [9.17, 15) is 9.59 Å². The minimum atomic E-state index is -0.151. The van der Waals surface area contributed by atoms with Gasteiger partial charge in [0.1, 0.15) is 6.26 Å². The van der Waals surface area contributed by atoms with Crippen LogP contribution in [0.3, 0.4) is 0 Å². The van der Waals surface area contributed by atoms with Crippen molar-refractivity contribution in [2.45, 2.75) is 40.4 Å². The van der Waals surface area contributed by atoms with Crippen LogP contribution in [0.15, 0.2) is 59.2 Å². The zero-order valence-corrected chi connectivity index (χ0v) is 20.2. The summed E-state index contributed by atoms with van der Waals surface area (Å²) < 4.78 is 5.73. The molecule has 0 spiro atoms. The molecule has 0 atom stereocenters. The van der Waals surface area contributed by atoms with Crippen LogP contribution in [0.25, 0.3) is 0 Å². The van der Waals surface area contributed by atoms with Crippen molar-refractivity contribution in [1.29, 1.82) is 0 Å². The van der Waals surface area contributed by atoms with Crippen LogP contribution in [-0.4, -0.2) is 57.7 Å². The molecule has 7 nitrogen and oxygen atoms in total. The van der Waals surface area contributed by atoms with E-state index in [0.717, 1.165) is 13.1 Å². The average Bonchev–Trinajstić information content (AvgIpc) is 3.29. The van der Waals surface area contributed by atoms with E-state index >= 15 is 0 Å². The predicted octanol–water partition coefficient (Wildman–Crippen LogP) is 3.80. The number of rotatable bonds is 7. The Balaban J connectivity index is 1.46. The molecule has 178 valence electrons. The third kappa shape index (κ3) is 5.91. The summed E-state index contributed by atoms with van der Waals surface area (Å²) in [6, 6.07) is 16.8. The fourth-order valence-electron chi connectivity index (χ4n) is 4.33. The Morgan fingerprint density at radius 2 is 1.65 bits per heavy atom. The van der Waals surface area contributed by atoms with Crippen LogP contribution in [-0.2, 0) is 24.4 Å². The van der Waals surface area contributed by atoms with E-state index in [1.54, 1.807) is 16.7 Å². The lowest BCUT2D eigenvalue weighted by Crippen LogP contribution is -2.50. The molecule has 0 aliphatic carbocycles. The van der Waals surface area contributed by atoms with E-state index < -0.39 is 0 Å². The summed E-state index contributed by atoms with van der Waals surface area (Å²) in [6.07, 6.45) is 1.45. The molecule has 1 aliphatic heterocycles.